The minimum Gasteiger partial charge on any atom is -0.377 e. The maximum Gasteiger partial charge on any atom is 0.116 e. The average Bonchev–Trinajstić information content (AvgIpc) is 3.83. The lowest BCUT2D eigenvalue weighted by Gasteiger charge is -2.13. The van der Waals surface area contributed by atoms with Crippen molar-refractivity contribution in [2.75, 3.05) is 49.9 Å². The van der Waals surface area contributed by atoms with Gasteiger partial charge in [0.1, 0.15) is 11.7 Å². The number of hydrogen-bond donors (Lipinski definition) is 4. The molecule has 4 aromatic rings. The normalized spacial score (nSPS) is 13.9. The Morgan fingerprint density at radius 1 is 0.750 bits per heavy atom. The van der Waals surface area contributed by atoms with E-state index < -0.39 is 0 Å². The molecule has 0 amide bonds. The van der Waals surface area contributed by atoms with E-state index in [4.69, 9.17) is 0 Å². The Morgan fingerprint density at radius 3 is 1.95 bits per heavy atom. The number of rotatable bonds is 10. The molecule has 4 heterocycles. The van der Waals surface area contributed by atoms with Crippen LogP contribution in [0.25, 0.3) is 22.5 Å². The van der Waals surface area contributed by atoms with Gasteiger partial charge in [-0.15, -0.1) is 0 Å². The van der Waals surface area contributed by atoms with Crippen LogP contribution in [0.15, 0.2) is 83.0 Å². The SMILES string of the molecule is CCn1ccc(-c2ccccc2NCC2=NCCN2)n1.CCn1nccc1-c1ccccc1NCC1=NCCN1. The van der Waals surface area contributed by atoms with Crippen molar-refractivity contribution in [1.82, 2.24) is 30.2 Å². The number of benzene rings is 2. The highest BCUT2D eigenvalue weighted by atomic mass is 15.3. The van der Waals surface area contributed by atoms with Crippen LogP contribution in [-0.2, 0) is 13.1 Å². The third kappa shape index (κ3) is 6.69. The highest BCUT2D eigenvalue weighted by Gasteiger charge is 2.11. The van der Waals surface area contributed by atoms with Crippen molar-refractivity contribution in [3.05, 3.63) is 73.1 Å². The lowest BCUT2D eigenvalue weighted by atomic mass is 10.1. The smallest absolute Gasteiger partial charge is 0.116 e. The first-order valence-corrected chi connectivity index (χ1v) is 14.0. The molecule has 10 nitrogen and oxygen atoms in total. The van der Waals surface area contributed by atoms with Gasteiger partial charge in [-0.1, -0.05) is 36.4 Å². The summed E-state index contributed by atoms with van der Waals surface area (Å²) >= 11 is 0. The molecule has 40 heavy (non-hydrogen) atoms. The van der Waals surface area contributed by atoms with Crippen molar-refractivity contribution in [1.29, 1.82) is 0 Å². The molecular formula is C30H38N10. The second kappa shape index (κ2) is 13.5. The van der Waals surface area contributed by atoms with E-state index in [1.165, 1.54) is 5.56 Å². The topological polar surface area (TPSA) is 108 Å². The van der Waals surface area contributed by atoms with E-state index in [9.17, 15) is 0 Å². The average molecular weight is 539 g/mol. The molecule has 0 fully saturated rings. The summed E-state index contributed by atoms with van der Waals surface area (Å²) in [5.41, 5.74) is 6.63. The van der Waals surface area contributed by atoms with Crippen LogP contribution in [0.1, 0.15) is 13.8 Å². The summed E-state index contributed by atoms with van der Waals surface area (Å²) in [7, 11) is 0. The fourth-order valence-electron chi connectivity index (χ4n) is 4.70. The third-order valence-electron chi connectivity index (χ3n) is 6.77. The molecule has 2 aromatic heterocycles. The minimum absolute atomic E-state index is 0.728. The molecule has 0 unspecified atom stereocenters. The molecular weight excluding hydrogens is 500 g/mol. The maximum absolute atomic E-state index is 4.57. The Hall–Kier alpha value is -4.60. The lowest BCUT2D eigenvalue weighted by Crippen LogP contribution is -2.26. The second-order valence-corrected chi connectivity index (χ2v) is 9.40. The monoisotopic (exact) mass is 538 g/mol. The lowest BCUT2D eigenvalue weighted by molar-refractivity contribution is 0.662. The molecule has 2 aliphatic heterocycles. The van der Waals surface area contributed by atoms with Gasteiger partial charge in [0.2, 0.25) is 0 Å². The molecule has 0 atom stereocenters. The van der Waals surface area contributed by atoms with Crippen molar-refractivity contribution in [3.63, 3.8) is 0 Å². The molecule has 0 saturated carbocycles. The summed E-state index contributed by atoms with van der Waals surface area (Å²) < 4.78 is 3.95. The highest BCUT2D eigenvalue weighted by Crippen LogP contribution is 2.28. The molecule has 6 rings (SSSR count). The van der Waals surface area contributed by atoms with Gasteiger partial charge in [-0.25, -0.2) is 0 Å². The van der Waals surface area contributed by atoms with Gasteiger partial charge >= 0.3 is 0 Å². The van der Waals surface area contributed by atoms with Crippen LogP contribution in [0, 0.1) is 0 Å². The predicted octanol–water partition coefficient (Wildman–Crippen LogP) is 3.97. The summed E-state index contributed by atoms with van der Waals surface area (Å²) in [6.45, 7) is 11.0. The first-order chi connectivity index (χ1) is 19.7. The Labute approximate surface area is 235 Å². The zero-order valence-corrected chi connectivity index (χ0v) is 23.3. The Bertz CT molecular complexity index is 1450. The minimum atomic E-state index is 0.728. The molecule has 2 aromatic carbocycles. The number of amidine groups is 2. The second-order valence-electron chi connectivity index (χ2n) is 9.40. The molecule has 208 valence electrons. The molecule has 0 saturated heterocycles. The van der Waals surface area contributed by atoms with E-state index >= 15 is 0 Å². The van der Waals surface area contributed by atoms with Gasteiger partial charge in [-0.2, -0.15) is 10.2 Å². The van der Waals surface area contributed by atoms with Crippen molar-refractivity contribution in [3.8, 4) is 22.5 Å². The molecule has 10 heteroatoms. The van der Waals surface area contributed by atoms with E-state index in [-0.39, 0.29) is 0 Å². The number of aromatic nitrogens is 4. The molecule has 0 bridgehead atoms. The van der Waals surface area contributed by atoms with E-state index in [1.54, 1.807) is 0 Å². The van der Waals surface area contributed by atoms with Gasteiger partial charge in [-0.3, -0.25) is 19.3 Å². The fraction of sp³-hybridized carbons (Fsp3) is 0.333. The van der Waals surface area contributed by atoms with Gasteiger partial charge < -0.3 is 21.3 Å². The van der Waals surface area contributed by atoms with Crippen LogP contribution in [0.3, 0.4) is 0 Å². The number of aryl methyl sites for hydroxylation is 2. The van der Waals surface area contributed by atoms with E-state index in [0.717, 1.165) is 92.4 Å². The summed E-state index contributed by atoms with van der Waals surface area (Å²) in [5, 5.41) is 22.4. The number of nitrogens with one attached hydrogen (secondary N) is 4. The largest absolute Gasteiger partial charge is 0.377 e. The Balaban J connectivity index is 0.000000161. The van der Waals surface area contributed by atoms with Crippen LogP contribution in [0.2, 0.25) is 0 Å². The van der Waals surface area contributed by atoms with Crippen LogP contribution < -0.4 is 21.3 Å². The summed E-state index contributed by atoms with van der Waals surface area (Å²) in [6, 6.07) is 20.7. The van der Waals surface area contributed by atoms with E-state index in [1.807, 2.05) is 40.0 Å². The molecule has 2 aliphatic rings. The fourth-order valence-corrected chi connectivity index (χ4v) is 4.70. The van der Waals surface area contributed by atoms with E-state index in [0.29, 0.717) is 0 Å². The van der Waals surface area contributed by atoms with Gasteiger partial charge in [-0.05, 0) is 38.1 Å². The summed E-state index contributed by atoms with van der Waals surface area (Å²) in [6.07, 6.45) is 3.85. The van der Waals surface area contributed by atoms with Crippen molar-refractivity contribution >= 4 is 23.0 Å². The number of aliphatic imine (C=N–C) groups is 2. The quantitative estimate of drug-likeness (QED) is 0.243. The number of nitrogens with zero attached hydrogens (tertiary/aromatic N) is 6. The number of anilines is 2. The van der Waals surface area contributed by atoms with Gasteiger partial charge in [0, 0.05) is 61.1 Å². The molecule has 4 N–H and O–H groups in total. The van der Waals surface area contributed by atoms with Crippen LogP contribution in [-0.4, -0.2) is 70.5 Å². The Kier molecular flexibility index (Phi) is 9.08. The van der Waals surface area contributed by atoms with Gasteiger partial charge in [0.05, 0.1) is 37.6 Å². The first kappa shape index (κ1) is 27.0. The maximum atomic E-state index is 4.57. The van der Waals surface area contributed by atoms with E-state index in [2.05, 4.69) is 97.8 Å². The highest BCUT2D eigenvalue weighted by molar-refractivity contribution is 5.89. The van der Waals surface area contributed by atoms with Gasteiger partial charge in [0.25, 0.3) is 0 Å². The standard InChI is InChI=1S/2C15H19N5/c1-2-20-10-7-14(19-20)12-5-3-4-6-13(12)18-11-15-16-8-9-17-15;1-2-20-14(7-8-19-20)12-5-3-4-6-13(12)18-11-15-16-9-10-17-15/h3-7,10,18H,2,8-9,11H2,1H3,(H,16,17);3-8,18H,2,9-11H2,1H3,(H,16,17). The Morgan fingerprint density at radius 2 is 1.38 bits per heavy atom. The zero-order chi connectivity index (χ0) is 27.6. The zero-order valence-electron chi connectivity index (χ0n) is 23.3. The van der Waals surface area contributed by atoms with Crippen LogP contribution >= 0.6 is 0 Å². The van der Waals surface area contributed by atoms with Crippen molar-refractivity contribution in [2.24, 2.45) is 9.98 Å². The van der Waals surface area contributed by atoms with Crippen molar-refractivity contribution < 1.29 is 0 Å². The van der Waals surface area contributed by atoms with Crippen molar-refractivity contribution in [2.45, 2.75) is 26.9 Å². The molecule has 0 radical (unpaired) electrons. The van der Waals surface area contributed by atoms with Gasteiger partial charge in [0.15, 0.2) is 0 Å². The number of hydrogen-bond acceptors (Lipinski definition) is 8. The third-order valence-corrected chi connectivity index (χ3v) is 6.77. The number of para-hydroxylation sites is 2. The predicted molar refractivity (Wildman–Crippen MR) is 164 cm³/mol. The summed E-state index contributed by atoms with van der Waals surface area (Å²) in [5.74, 6) is 2.06. The van der Waals surface area contributed by atoms with Crippen LogP contribution in [0.4, 0.5) is 11.4 Å². The van der Waals surface area contributed by atoms with Crippen LogP contribution in [0.5, 0.6) is 0 Å². The summed E-state index contributed by atoms with van der Waals surface area (Å²) in [4.78, 5) is 8.80. The molecule has 0 spiro atoms. The molecule has 0 aliphatic carbocycles. The first-order valence-electron chi connectivity index (χ1n) is 14.0.